The van der Waals surface area contributed by atoms with Gasteiger partial charge in [-0.05, 0) is 19.1 Å². The lowest BCUT2D eigenvalue weighted by Crippen LogP contribution is -2.07. The third-order valence-electron chi connectivity index (χ3n) is 1.69. The van der Waals surface area contributed by atoms with Crippen LogP contribution in [0.3, 0.4) is 0 Å². The summed E-state index contributed by atoms with van der Waals surface area (Å²) in [4.78, 5) is 11.5. The van der Waals surface area contributed by atoms with E-state index in [-0.39, 0.29) is 5.97 Å². The normalized spacial score (nSPS) is 10.3. The number of hydrogen-bond donors (Lipinski definition) is 1. The zero-order valence-corrected chi connectivity index (χ0v) is 8.73. The molecule has 5 nitrogen and oxygen atoms in total. The second kappa shape index (κ2) is 5.74. The van der Waals surface area contributed by atoms with Gasteiger partial charge in [-0.3, -0.25) is 5.43 Å². The topological polar surface area (TPSA) is 63.0 Å². The molecule has 0 heterocycles. The van der Waals surface area contributed by atoms with Crippen molar-refractivity contribution in [3.05, 3.63) is 29.8 Å². The molecule has 0 saturated carbocycles. The maximum Gasteiger partial charge on any atom is 0.340 e. The summed E-state index contributed by atoms with van der Waals surface area (Å²) < 4.78 is 4.90. The Hall–Kier alpha value is -1.91. The van der Waals surface area contributed by atoms with Crippen LogP contribution < -0.4 is 5.43 Å². The van der Waals surface area contributed by atoms with E-state index in [9.17, 15) is 4.79 Å². The monoisotopic (exact) mass is 207 g/mol. The van der Waals surface area contributed by atoms with Crippen LogP contribution in [0.1, 0.15) is 17.3 Å². The summed E-state index contributed by atoms with van der Waals surface area (Å²) in [5, 5.41) is 7.15. The molecular weight excluding hydrogens is 194 g/mol. The van der Waals surface area contributed by atoms with Crippen LogP contribution in [0.25, 0.3) is 0 Å². The molecule has 0 radical (unpaired) electrons. The van der Waals surface area contributed by atoms with E-state index in [0.29, 0.717) is 17.9 Å². The second-order valence-electron chi connectivity index (χ2n) is 2.68. The molecule has 1 rings (SSSR count). The molecule has 0 aromatic heterocycles. The third-order valence-corrected chi connectivity index (χ3v) is 1.69. The molecule has 0 spiro atoms. The van der Waals surface area contributed by atoms with Gasteiger partial charge >= 0.3 is 5.97 Å². The lowest BCUT2D eigenvalue weighted by atomic mass is 10.2. The van der Waals surface area contributed by atoms with Crippen molar-refractivity contribution in [3.63, 3.8) is 0 Å². The summed E-state index contributed by atoms with van der Waals surface area (Å²) in [5.41, 5.74) is 3.70. The molecule has 0 aliphatic rings. The summed E-state index contributed by atoms with van der Waals surface area (Å²) >= 11 is 0. The molecule has 15 heavy (non-hydrogen) atoms. The van der Waals surface area contributed by atoms with Crippen molar-refractivity contribution in [2.45, 2.75) is 6.92 Å². The zero-order chi connectivity index (χ0) is 11.1. The molecule has 5 heteroatoms. The molecule has 0 aliphatic carbocycles. The van der Waals surface area contributed by atoms with Gasteiger partial charge in [-0.15, -0.1) is 0 Å². The van der Waals surface area contributed by atoms with Crippen LogP contribution in [-0.4, -0.2) is 19.6 Å². The minimum absolute atomic E-state index is 0.350. The maximum absolute atomic E-state index is 11.5. The van der Waals surface area contributed by atoms with Crippen LogP contribution >= 0.6 is 0 Å². The summed E-state index contributed by atoms with van der Waals surface area (Å²) in [5.74, 6) is -0.369. The van der Waals surface area contributed by atoms with Crippen LogP contribution in [-0.2, 0) is 4.74 Å². The molecule has 80 valence electrons. The minimum Gasteiger partial charge on any atom is -0.462 e. The first-order chi connectivity index (χ1) is 7.29. The van der Waals surface area contributed by atoms with Crippen molar-refractivity contribution in [2.75, 3.05) is 19.1 Å². The van der Waals surface area contributed by atoms with Crippen LogP contribution in [0.5, 0.6) is 0 Å². The Bertz CT molecular complexity index is 363. The lowest BCUT2D eigenvalue weighted by molar-refractivity contribution is 0.0527. The number of nitrogens with zero attached hydrogens (tertiary/aromatic N) is 2. The second-order valence-corrected chi connectivity index (χ2v) is 2.68. The molecule has 1 aromatic rings. The average Bonchev–Trinajstić information content (AvgIpc) is 2.27. The Balaban J connectivity index is 2.90. The van der Waals surface area contributed by atoms with Gasteiger partial charge in [0.05, 0.1) is 24.9 Å². The van der Waals surface area contributed by atoms with Gasteiger partial charge in [0.15, 0.2) is 0 Å². The number of ether oxygens (including phenoxy) is 1. The molecule has 0 amide bonds. The first-order valence-corrected chi connectivity index (χ1v) is 4.60. The largest absolute Gasteiger partial charge is 0.462 e. The van der Waals surface area contributed by atoms with Gasteiger partial charge in [0, 0.05) is 0 Å². The van der Waals surface area contributed by atoms with E-state index in [0.717, 1.165) is 0 Å². The number of rotatable bonds is 4. The fourth-order valence-corrected chi connectivity index (χ4v) is 1.07. The van der Waals surface area contributed by atoms with E-state index < -0.39 is 0 Å². The minimum atomic E-state index is -0.369. The number of carbonyl (C=O) groups excluding carboxylic acids is 1. The molecule has 0 unspecified atom stereocenters. The number of nitrogens with one attached hydrogen (secondary N) is 1. The Morgan fingerprint density at radius 3 is 2.87 bits per heavy atom. The fourth-order valence-electron chi connectivity index (χ4n) is 1.07. The highest BCUT2D eigenvalue weighted by Crippen LogP contribution is 2.16. The maximum atomic E-state index is 11.5. The van der Waals surface area contributed by atoms with E-state index in [1.54, 1.807) is 38.2 Å². The molecule has 1 aromatic carbocycles. The van der Waals surface area contributed by atoms with Gasteiger partial charge in [0.2, 0.25) is 0 Å². The Morgan fingerprint density at radius 1 is 1.47 bits per heavy atom. The molecule has 0 atom stereocenters. The number of anilines is 1. The summed E-state index contributed by atoms with van der Waals surface area (Å²) in [6.07, 6.45) is 0. The molecular formula is C10H13N3O2. The number of para-hydroxylation sites is 1. The Kier molecular flexibility index (Phi) is 4.28. The number of carbonyl (C=O) groups is 1. The van der Waals surface area contributed by atoms with Gasteiger partial charge < -0.3 is 4.74 Å². The van der Waals surface area contributed by atoms with Crippen molar-refractivity contribution in [1.82, 2.24) is 0 Å². The average molecular weight is 207 g/mol. The van der Waals surface area contributed by atoms with Crippen molar-refractivity contribution in [3.8, 4) is 0 Å². The van der Waals surface area contributed by atoms with E-state index in [1.165, 1.54) is 0 Å². The fraction of sp³-hybridized carbons (Fsp3) is 0.300. The van der Waals surface area contributed by atoms with E-state index in [2.05, 4.69) is 15.8 Å². The van der Waals surface area contributed by atoms with Crippen LogP contribution in [0.2, 0.25) is 0 Å². The predicted octanol–water partition coefficient (Wildman–Crippen LogP) is 2.27. The van der Waals surface area contributed by atoms with Crippen LogP contribution in [0, 0.1) is 0 Å². The third kappa shape index (κ3) is 3.05. The Morgan fingerprint density at radius 2 is 2.20 bits per heavy atom. The van der Waals surface area contributed by atoms with Crippen LogP contribution in [0.4, 0.5) is 5.69 Å². The van der Waals surface area contributed by atoms with Crippen molar-refractivity contribution in [2.24, 2.45) is 10.3 Å². The van der Waals surface area contributed by atoms with Gasteiger partial charge in [0.25, 0.3) is 0 Å². The van der Waals surface area contributed by atoms with Gasteiger partial charge in [-0.1, -0.05) is 17.4 Å². The Labute approximate surface area is 88.1 Å². The van der Waals surface area contributed by atoms with E-state index >= 15 is 0 Å². The van der Waals surface area contributed by atoms with Crippen molar-refractivity contribution < 1.29 is 9.53 Å². The first-order valence-electron chi connectivity index (χ1n) is 4.60. The molecule has 0 aliphatic heterocycles. The van der Waals surface area contributed by atoms with Crippen LogP contribution in [0.15, 0.2) is 34.6 Å². The predicted molar refractivity (Wildman–Crippen MR) is 56.8 cm³/mol. The quantitative estimate of drug-likeness (QED) is 0.468. The van der Waals surface area contributed by atoms with Crippen molar-refractivity contribution >= 4 is 11.7 Å². The lowest BCUT2D eigenvalue weighted by Gasteiger charge is -2.06. The van der Waals surface area contributed by atoms with Crippen molar-refractivity contribution in [1.29, 1.82) is 0 Å². The molecule has 0 fully saturated rings. The molecule has 1 N–H and O–H groups in total. The summed E-state index contributed by atoms with van der Waals surface area (Å²) in [6.45, 7) is 2.11. The highest BCUT2D eigenvalue weighted by atomic mass is 16.5. The SMILES string of the molecule is CCOC(=O)c1ccccc1NN=NC. The zero-order valence-electron chi connectivity index (χ0n) is 8.73. The van der Waals surface area contributed by atoms with E-state index in [4.69, 9.17) is 4.74 Å². The molecule has 0 bridgehead atoms. The number of benzene rings is 1. The highest BCUT2D eigenvalue weighted by molar-refractivity contribution is 5.95. The van der Waals surface area contributed by atoms with Gasteiger partial charge in [-0.25, -0.2) is 4.79 Å². The van der Waals surface area contributed by atoms with Gasteiger partial charge in [-0.2, -0.15) is 5.11 Å². The number of esters is 1. The standard InChI is InChI=1S/C10H13N3O2/c1-3-15-10(14)8-6-4-5-7-9(8)12-13-11-2/h4-7H,3H2,1-2H3,(H,11,12). The van der Waals surface area contributed by atoms with Gasteiger partial charge in [0.1, 0.15) is 0 Å². The summed E-state index contributed by atoms with van der Waals surface area (Å²) in [7, 11) is 1.54. The number of hydrogen-bond acceptors (Lipinski definition) is 4. The summed E-state index contributed by atoms with van der Waals surface area (Å²) in [6, 6.07) is 6.98. The van der Waals surface area contributed by atoms with E-state index in [1.807, 2.05) is 0 Å². The highest BCUT2D eigenvalue weighted by Gasteiger charge is 2.10. The first kappa shape index (κ1) is 11.2. The smallest absolute Gasteiger partial charge is 0.340 e. The molecule has 0 saturated heterocycles.